The highest BCUT2D eigenvalue weighted by atomic mass is 16.5. The maximum Gasteiger partial charge on any atom is 0.302 e. The van der Waals surface area contributed by atoms with Crippen molar-refractivity contribution in [2.24, 2.45) is 0 Å². The molecule has 0 aliphatic rings. The van der Waals surface area contributed by atoms with E-state index in [0.29, 0.717) is 13.0 Å². The van der Waals surface area contributed by atoms with Crippen LogP contribution in [0.2, 0.25) is 0 Å². The molecule has 1 N–H and O–H groups in total. The van der Waals surface area contributed by atoms with E-state index < -0.39 is 5.60 Å². The monoisotopic (exact) mass is 262 g/mol. The number of carbonyl (C=O) groups is 1. The number of allylic oxidation sites excluding steroid dienone is 1. The number of rotatable bonds is 7. The Morgan fingerprint density at radius 3 is 2.63 bits per heavy atom. The van der Waals surface area contributed by atoms with E-state index in [1.807, 2.05) is 49.4 Å². The summed E-state index contributed by atoms with van der Waals surface area (Å²) in [6, 6.07) is 9.62. The number of carbonyl (C=O) groups excluding carboxylic acids is 1. The minimum Gasteiger partial charge on any atom is -0.466 e. The molecule has 1 rings (SSSR count). The Kier molecular flexibility index (Phi) is 6.30. The molecule has 19 heavy (non-hydrogen) atoms. The molecular weight excluding hydrogens is 240 g/mol. The standard InChI is InChI=1S/C16H22O3/c1-3-16(18,15-10-6-4-7-11-15)12-8-5-9-13-19-14(2)17/h4,6-8,10-12,18H,3,5,9,13H2,1-2H3/b12-8+. The molecule has 1 unspecified atom stereocenters. The molecule has 3 nitrogen and oxygen atoms in total. The SMILES string of the molecule is CCC(O)(/C=C/CCCOC(C)=O)c1ccccc1. The Hall–Kier alpha value is -1.61. The summed E-state index contributed by atoms with van der Waals surface area (Å²) in [6.07, 6.45) is 5.95. The fraction of sp³-hybridized carbons (Fsp3) is 0.438. The molecule has 0 amide bonds. The summed E-state index contributed by atoms with van der Waals surface area (Å²) in [5, 5.41) is 10.6. The zero-order valence-electron chi connectivity index (χ0n) is 11.6. The average Bonchev–Trinajstić information content (AvgIpc) is 2.43. The van der Waals surface area contributed by atoms with Gasteiger partial charge in [0.15, 0.2) is 0 Å². The highest BCUT2D eigenvalue weighted by molar-refractivity contribution is 5.65. The van der Waals surface area contributed by atoms with E-state index in [0.717, 1.165) is 18.4 Å². The minimum atomic E-state index is -0.914. The van der Waals surface area contributed by atoms with Gasteiger partial charge in [-0.05, 0) is 24.8 Å². The van der Waals surface area contributed by atoms with Crippen LogP contribution in [0.5, 0.6) is 0 Å². The molecule has 1 aromatic rings. The third kappa shape index (κ3) is 5.26. The van der Waals surface area contributed by atoms with E-state index in [-0.39, 0.29) is 5.97 Å². The second kappa shape index (κ2) is 7.74. The number of hydrogen-bond donors (Lipinski definition) is 1. The predicted molar refractivity (Wildman–Crippen MR) is 75.6 cm³/mol. The van der Waals surface area contributed by atoms with Gasteiger partial charge in [0.25, 0.3) is 0 Å². The van der Waals surface area contributed by atoms with Crippen LogP contribution >= 0.6 is 0 Å². The van der Waals surface area contributed by atoms with Crippen LogP contribution in [0.4, 0.5) is 0 Å². The van der Waals surface area contributed by atoms with Gasteiger partial charge in [-0.3, -0.25) is 4.79 Å². The Morgan fingerprint density at radius 1 is 1.37 bits per heavy atom. The lowest BCUT2D eigenvalue weighted by atomic mass is 9.90. The van der Waals surface area contributed by atoms with Crippen LogP contribution in [-0.4, -0.2) is 17.7 Å². The third-order valence-electron chi connectivity index (χ3n) is 3.03. The van der Waals surface area contributed by atoms with E-state index in [4.69, 9.17) is 4.74 Å². The topological polar surface area (TPSA) is 46.5 Å². The van der Waals surface area contributed by atoms with E-state index in [2.05, 4.69) is 0 Å². The zero-order chi connectivity index (χ0) is 14.1. The quantitative estimate of drug-likeness (QED) is 0.466. The predicted octanol–water partition coefficient (Wildman–Crippen LogP) is 3.18. The molecule has 0 heterocycles. The van der Waals surface area contributed by atoms with E-state index in [9.17, 15) is 9.90 Å². The molecule has 1 aromatic carbocycles. The Bertz CT molecular complexity index is 411. The van der Waals surface area contributed by atoms with Gasteiger partial charge < -0.3 is 9.84 Å². The zero-order valence-corrected chi connectivity index (χ0v) is 11.6. The Balaban J connectivity index is 2.50. The first-order valence-electron chi connectivity index (χ1n) is 6.67. The lowest BCUT2D eigenvalue weighted by molar-refractivity contribution is -0.141. The van der Waals surface area contributed by atoms with Gasteiger partial charge in [0.05, 0.1) is 6.61 Å². The maximum atomic E-state index is 10.6. The van der Waals surface area contributed by atoms with Gasteiger partial charge in [-0.25, -0.2) is 0 Å². The summed E-state index contributed by atoms with van der Waals surface area (Å²) in [5.74, 6) is -0.252. The fourth-order valence-electron chi connectivity index (χ4n) is 1.84. The second-order valence-electron chi connectivity index (χ2n) is 4.53. The smallest absolute Gasteiger partial charge is 0.302 e. The van der Waals surface area contributed by atoms with Crippen LogP contribution in [0.25, 0.3) is 0 Å². The number of ether oxygens (including phenoxy) is 1. The number of benzene rings is 1. The largest absolute Gasteiger partial charge is 0.466 e. The van der Waals surface area contributed by atoms with Gasteiger partial charge in [-0.15, -0.1) is 0 Å². The molecule has 0 aliphatic carbocycles. The number of aliphatic hydroxyl groups is 1. The first-order chi connectivity index (χ1) is 9.08. The van der Waals surface area contributed by atoms with Gasteiger partial charge >= 0.3 is 5.97 Å². The van der Waals surface area contributed by atoms with Gasteiger partial charge in [-0.2, -0.15) is 0 Å². The average molecular weight is 262 g/mol. The molecule has 0 aromatic heterocycles. The van der Waals surface area contributed by atoms with Crippen molar-refractivity contribution >= 4 is 5.97 Å². The van der Waals surface area contributed by atoms with Crippen molar-refractivity contribution in [3.63, 3.8) is 0 Å². The molecule has 0 aliphatic heterocycles. The lowest BCUT2D eigenvalue weighted by Gasteiger charge is -2.23. The Morgan fingerprint density at radius 2 is 2.05 bits per heavy atom. The highest BCUT2D eigenvalue weighted by Crippen LogP contribution is 2.26. The fourth-order valence-corrected chi connectivity index (χ4v) is 1.84. The molecule has 0 spiro atoms. The summed E-state index contributed by atoms with van der Waals surface area (Å²) in [6.45, 7) is 3.78. The summed E-state index contributed by atoms with van der Waals surface area (Å²) in [5.41, 5.74) is -0.0170. The number of unbranched alkanes of at least 4 members (excludes halogenated alkanes) is 1. The molecule has 0 radical (unpaired) electrons. The van der Waals surface area contributed by atoms with Crippen molar-refractivity contribution in [1.82, 2.24) is 0 Å². The molecule has 0 bridgehead atoms. The molecule has 104 valence electrons. The number of hydrogen-bond acceptors (Lipinski definition) is 3. The minimum absolute atomic E-state index is 0.252. The van der Waals surface area contributed by atoms with E-state index in [1.54, 1.807) is 0 Å². The van der Waals surface area contributed by atoms with Crippen molar-refractivity contribution in [2.45, 2.75) is 38.7 Å². The second-order valence-corrected chi connectivity index (χ2v) is 4.53. The first-order valence-corrected chi connectivity index (χ1v) is 6.67. The molecule has 0 fully saturated rings. The van der Waals surface area contributed by atoms with Crippen molar-refractivity contribution in [3.8, 4) is 0 Å². The van der Waals surface area contributed by atoms with Gasteiger partial charge in [-0.1, -0.05) is 49.4 Å². The number of esters is 1. The molecule has 0 saturated heterocycles. The van der Waals surface area contributed by atoms with Crippen molar-refractivity contribution < 1.29 is 14.6 Å². The van der Waals surface area contributed by atoms with Gasteiger partial charge in [0, 0.05) is 6.92 Å². The van der Waals surface area contributed by atoms with Gasteiger partial charge in [0.2, 0.25) is 0 Å². The third-order valence-corrected chi connectivity index (χ3v) is 3.03. The maximum absolute atomic E-state index is 10.6. The summed E-state index contributed by atoms with van der Waals surface area (Å²) < 4.78 is 4.85. The molecular formula is C16H22O3. The van der Waals surface area contributed by atoms with Crippen LogP contribution in [0.3, 0.4) is 0 Å². The normalized spacial score (nSPS) is 14.3. The molecule has 1 atom stereocenters. The van der Waals surface area contributed by atoms with Crippen LogP contribution in [0, 0.1) is 0 Å². The van der Waals surface area contributed by atoms with E-state index >= 15 is 0 Å². The highest BCUT2D eigenvalue weighted by Gasteiger charge is 2.22. The van der Waals surface area contributed by atoms with Crippen molar-refractivity contribution in [1.29, 1.82) is 0 Å². The van der Waals surface area contributed by atoms with Crippen LogP contribution in [-0.2, 0) is 15.1 Å². The summed E-state index contributed by atoms with van der Waals surface area (Å²) >= 11 is 0. The summed E-state index contributed by atoms with van der Waals surface area (Å²) in [4.78, 5) is 10.6. The first kappa shape index (κ1) is 15.4. The van der Waals surface area contributed by atoms with Crippen LogP contribution in [0.1, 0.15) is 38.7 Å². The molecule has 0 saturated carbocycles. The van der Waals surface area contributed by atoms with Gasteiger partial charge in [0.1, 0.15) is 5.60 Å². The molecule has 3 heteroatoms. The van der Waals surface area contributed by atoms with Crippen LogP contribution < -0.4 is 0 Å². The van der Waals surface area contributed by atoms with Crippen LogP contribution in [0.15, 0.2) is 42.5 Å². The van der Waals surface area contributed by atoms with Crippen molar-refractivity contribution in [3.05, 3.63) is 48.0 Å². The Labute approximate surface area is 114 Å². The lowest BCUT2D eigenvalue weighted by Crippen LogP contribution is -2.21. The van der Waals surface area contributed by atoms with Crippen molar-refractivity contribution in [2.75, 3.05) is 6.61 Å². The summed E-state index contributed by atoms with van der Waals surface area (Å²) in [7, 11) is 0. The van der Waals surface area contributed by atoms with E-state index in [1.165, 1.54) is 6.92 Å².